The molecule has 0 N–H and O–H groups in total. The lowest BCUT2D eigenvalue weighted by Gasteiger charge is -2.57. The van der Waals surface area contributed by atoms with E-state index in [4.69, 9.17) is 0 Å². The number of fused-ring (bicyclic) bond motifs is 2. The van der Waals surface area contributed by atoms with Crippen LogP contribution in [-0.2, 0) is 21.7 Å². The van der Waals surface area contributed by atoms with E-state index < -0.39 is 0 Å². The summed E-state index contributed by atoms with van der Waals surface area (Å²) < 4.78 is 0. The maximum Gasteiger partial charge on any atom is 0.0620 e. The third-order valence-electron chi connectivity index (χ3n) is 23.1. The van der Waals surface area contributed by atoms with E-state index >= 15 is 0 Å². The first-order valence-electron chi connectivity index (χ1n) is 32.8. The van der Waals surface area contributed by atoms with Gasteiger partial charge in [-0.05, 0) is 240 Å². The van der Waals surface area contributed by atoms with E-state index in [2.05, 4.69) is 259 Å². The second-order valence-electron chi connectivity index (χ2n) is 29.9. The van der Waals surface area contributed by atoms with Crippen LogP contribution < -0.4 is 9.80 Å². The Kier molecular flexibility index (Phi) is 13.1. The monoisotopic (exact) mass is 1100 g/mol. The zero-order valence-electron chi connectivity index (χ0n) is 51.5. The van der Waals surface area contributed by atoms with Crippen LogP contribution in [0.1, 0.15) is 189 Å². The minimum Gasteiger partial charge on any atom is -0.309 e. The van der Waals surface area contributed by atoms with Gasteiger partial charge < -0.3 is 9.80 Å². The van der Waals surface area contributed by atoms with Gasteiger partial charge in [0.1, 0.15) is 0 Å². The average molecular weight is 1100 g/mol. The first-order chi connectivity index (χ1) is 40.6. The number of anilines is 6. The van der Waals surface area contributed by atoms with Crippen molar-refractivity contribution in [3.05, 3.63) is 239 Å². The summed E-state index contributed by atoms with van der Waals surface area (Å²) in [6.45, 7) is 18.8. The van der Waals surface area contributed by atoms with Gasteiger partial charge >= 0.3 is 0 Å². The molecule has 8 aliphatic rings. The van der Waals surface area contributed by atoms with E-state index in [1.54, 1.807) is 11.1 Å². The number of nitrogens with zero attached hydrogens (tertiary/aromatic N) is 2. The molecule has 84 heavy (non-hydrogen) atoms. The quantitative estimate of drug-likeness (QED) is 0.0791. The average Bonchev–Trinajstić information content (AvgIpc) is 1.51. The summed E-state index contributed by atoms with van der Waals surface area (Å²) in [7, 11) is 0. The lowest BCUT2D eigenvalue weighted by molar-refractivity contribution is -0.00525. The second-order valence-corrected chi connectivity index (χ2v) is 29.9. The summed E-state index contributed by atoms with van der Waals surface area (Å²) in [5.74, 6) is 5.91. The van der Waals surface area contributed by atoms with Gasteiger partial charge in [0.25, 0.3) is 0 Å². The molecule has 8 bridgehead atoms. The number of hydrogen-bond donors (Lipinski definition) is 0. The van der Waals surface area contributed by atoms with Gasteiger partial charge in [-0.25, -0.2) is 0 Å². The van der Waals surface area contributed by atoms with Crippen molar-refractivity contribution in [1.82, 2.24) is 0 Å². The third-order valence-corrected chi connectivity index (χ3v) is 23.1. The predicted octanol–water partition coefficient (Wildman–Crippen LogP) is 22.8. The van der Waals surface area contributed by atoms with Crippen LogP contribution in [0.3, 0.4) is 0 Å². The summed E-state index contributed by atoms with van der Waals surface area (Å²) in [4.78, 5) is 5.38. The minimum atomic E-state index is -0.169. The zero-order chi connectivity index (χ0) is 57.3. The van der Waals surface area contributed by atoms with Gasteiger partial charge in [0.15, 0.2) is 0 Å². The highest BCUT2D eigenvalue weighted by Crippen LogP contribution is 2.64. The van der Waals surface area contributed by atoms with Crippen LogP contribution in [0.25, 0.3) is 21.5 Å². The molecule has 0 heterocycles. The molecule has 9 aromatic rings. The van der Waals surface area contributed by atoms with Crippen molar-refractivity contribution in [3.63, 3.8) is 0 Å². The molecule has 0 spiro atoms. The summed E-state index contributed by atoms with van der Waals surface area (Å²) in [6.07, 6.45) is 16.6. The van der Waals surface area contributed by atoms with E-state index in [-0.39, 0.29) is 21.7 Å². The molecule has 0 radical (unpaired) electrons. The van der Waals surface area contributed by atoms with Crippen LogP contribution in [-0.4, -0.2) is 0 Å². The topological polar surface area (TPSA) is 6.48 Å². The van der Waals surface area contributed by atoms with Crippen molar-refractivity contribution in [2.45, 2.75) is 166 Å². The maximum atomic E-state index is 2.77. The normalized spacial score (nSPS) is 25.1. The Morgan fingerprint density at radius 1 is 0.321 bits per heavy atom. The first kappa shape index (κ1) is 53.8. The third kappa shape index (κ3) is 9.08. The van der Waals surface area contributed by atoms with Gasteiger partial charge in [-0.15, -0.1) is 0 Å². The molecular weight excluding hydrogens is 1010 g/mol. The van der Waals surface area contributed by atoms with Crippen molar-refractivity contribution in [2.24, 2.45) is 35.5 Å². The van der Waals surface area contributed by atoms with Crippen molar-refractivity contribution >= 4 is 55.7 Å². The molecule has 0 atom stereocenters. The molecular formula is C82H88N2. The van der Waals surface area contributed by atoms with Crippen molar-refractivity contribution in [1.29, 1.82) is 0 Å². The van der Waals surface area contributed by atoms with Gasteiger partial charge in [-0.3, -0.25) is 0 Å². The SMILES string of the molecule is CC(C)c1ccc(N(c2ccc(C(C)(C)c3ccccc3)cc2)c2c3ccc(C45CC6CC(CC(C6)C4)C5)cc3c(N(c3ccc(C(C)C)cc3)c3ccc(C(C)(C)c4ccccc4)cc3)c3ccc(C45CC6CC(CC(C6)C4)C5)cc23)cc1. The Hall–Kier alpha value is -6.90. The Morgan fingerprint density at radius 2 is 0.595 bits per heavy atom. The number of rotatable bonds is 14. The molecule has 0 amide bonds. The van der Waals surface area contributed by atoms with Crippen molar-refractivity contribution < 1.29 is 0 Å². The fourth-order valence-corrected chi connectivity index (χ4v) is 19.2. The van der Waals surface area contributed by atoms with Crippen LogP contribution in [0.15, 0.2) is 194 Å². The lowest BCUT2D eigenvalue weighted by Crippen LogP contribution is -2.48. The molecule has 0 unspecified atom stereocenters. The molecule has 426 valence electrons. The maximum absolute atomic E-state index is 2.77. The van der Waals surface area contributed by atoms with Crippen LogP contribution in [0.5, 0.6) is 0 Å². The fourth-order valence-electron chi connectivity index (χ4n) is 19.2. The molecule has 0 aliphatic heterocycles. The zero-order valence-corrected chi connectivity index (χ0v) is 51.5. The highest BCUT2D eigenvalue weighted by atomic mass is 15.2. The molecule has 17 rings (SSSR count). The number of hydrogen-bond acceptors (Lipinski definition) is 2. The van der Waals surface area contributed by atoms with Gasteiger partial charge in [-0.2, -0.15) is 0 Å². The number of benzene rings is 9. The van der Waals surface area contributed by atoms with Crippen molar-refractivity contribution in [2.75, 3.05) is 9.80 Å². The highest BCUT2D eigenvalue weighted by Gasteiger charge is 2.53. The molecule has 8 fully saturated rings. The van der Waals surface area contributed by atoms with E-state index in [0.29, 0.717) is 11.8 Å². The van der Waals surface area contributed by atoms with Crippen LogP contribution in [0.2, 0.25) is 0 Å². The van der Waals surface area contributed by atoms with Crippen LogP contribution >= 0.6 is 0 Å². The van der Waals surface area contributed by atoms with Crippen LogP contribution in [0.4, 0.5) is 34.1 Å². The lowest BCUT2D eigenvalue weighted by atomic mass is 9.48. The Bertz CT molecular complexity index is 3550. The van der Waals surface area contributed by atoms with Crippen LogP contribution in [0, 0.1) is 35.5 Å². The van der Waals surface area contributed by atoms with E-state index in [1.165, 1.54) is 166 Å². The molecule has 2 nitrogen and oxygen atoms in total. The fraction of sp³-hybridized carbons (Fsp3) is 0.390. The predicted molar refractivity (Wildman–Crippen MR) is 356 cm³/mol. The molecule has 9 aromatic carbocycles. The Balaban J connectivity index is 1.03. The Labute approximate surface area is 502 Å². The van der Waals surface area contributed by atoms with Gasteiger partial charge in [-0.1, -0.05) is 189 Å². The summed E-state index contributed by atoms with van der Waals surface area (Å²) in [5.41, 5.74) is 18.6. The molecule has 8 aliphatic carbocycles. The molecule has 0 aromatic heterocycles. The molecule has 0 saturated heterocycles. The summed E-state index contributed by atoms with van der Waals surface area (Å²) in [6, 6.07) is 77.0. The molecule has 2 heteroatoms. The second kappa shape index (κ2) is 20.4. The summed E-state index contributed by atoms with van der Waals surface area (Å²) >= 11 is 0. The minimum absolute atomic E-state index is 0.169. The largest absolute Gasteiger partial charge is 0.309 e. The van der Waals surface area contributed by atoms with E-state index in [0.717, 1.165) is 35.5 Å². The Morgan fingerprint density at radius 3 is 0.881 bits per heavy atom. The van der Waals surface area contributed by atoms with E-state index in [9.17, 15) is 0 Å². The first-order valence-corrected chi connectivity index (χ1v) is 32.8. The van der Waals surface area contributed by atoms with Gasteiger partial charge in [0, 0.05) is 55.1 Å². The standard InChI is InChI=1S/C82H88N2/c1-53(2)61-19-29-69(30-20-61)83(71-33-23-65(24-34-71)79(5,6)63-15-11-9-12-16-63)77-73-37-27-68(82-50-58-42-59(51-82)44-60(43-58)52-82)46-76(73)78(74-38-28-67(45-75(74)77)81-47-55-39-56(48-81)41-57(40-55)49-81)84(70-31-21-62(22-32-70)54(3)4)72-35-25-66(26-36-72)80(7,8)64-17-13-10-14-18-64/h9-38,45-46,53-60H,39-44,47-52H2,1-8H3. The highest BCUT2D eigenvalue weighted by molar-refractivity contribution is 6.23. The molecule has 8 saturated carbocycles. The van der Waals surface area contributed by atoms with Gasteiger partial charge in [0.2, 0.25) is 0 Å². The summed E-state index contributed by atoms with van der Waals surface area (Å²) in [5, 5.41) is 5.34. The van der Waals surface area contributed by atoms with E-state index in [1.807, 2.05) is 0 Å². The van der Waals surface area contributed by atoms with Crippen molar-refractivity contribution in [3.8, 4) is 0 Å². The smallest absolute Gasteiger partial charge is 0.0620 e. The van der Waals surface area contributed by atoms with Gasteiger partial charge in [0.05, 0.1) is 11.4 Å².